The lowest BCUT2D eigenvalue weighted by Gasteiger charge is -2.11. The average Bonchev–Trinajstić information content (AvgIpc) is 2.77. The highest BCUT2D eigenvalue weighted by Crippen LogP contribution is 2.28. The summed E-state index contributed by atoms with van der Waals surface area (Å²) < 4.78 is 10.5. The number of carbonyl (C=O) groups excluding carboxylic acids is 1. The van der Waals surface area contributed by atoms with E-state index in [1.165, 1.54) is 24.8 Å². The molecule has 164 valence electrons. The minimum atomic E-state index is -0.521. The number of hydrogen-bond donors (Lipinski definition) is 1. The van der Waals surface area contributed by atoms with Gasteiger partial charge in [0, 0.05) is 12.8 Å². The predicted octanol–water partition coefficient (Wildman–Crippen LogP) is 5.54. The van der Waals surface area contributed by atoms with Gasteiger partial charge in [-0.1, -0.05) is 62.1 Å². The standard InChI is InChI=1S/C26H36O4/c1-29-25-18-16-22(19-26(25)30-2)15-17-24(28)20-23(27)14-10-5-3-4-7-11-21-12-8-6-9-13-21/h6,8-9,12-13,16,18-19,23,27H,3-5,7,10-11,14-15,17,20H2,1-2H3. The molecule has 4 nitrogen and oxygen atoms in total. The normalized spacial score (nSPS) is 11.8. The zero-order valence-corrected chi connectivity index (χ0v) is 18.4. The molecule has 0 spiro atoms. The first-order valence-corrected chi connectivity index (χ1v) is 11.1. The van der Waals surface area contributed by atoms with E-state index in [1.54, 1.807) is 14.2 Å². The Balaban J connectivity index is 1.54. The van der Waals surface area contributed by atoms with E-state index in [-0.39, 0.29) is 12.2 Å². The molecule has 0 heterocycles. The fourth-order valence-electron chi connectivity index (χ4n) is 3.67. The summed E-state index contributed by atoms with van der Waals surface area (Å²) in [6.45, 7) is 0. The number of benzene rings is 2. The van der Waals surface area contributed by atoms with Gasteiger partial charge in [0.25, 0.3) is 0 Å². The van der Waals surface area contributed by atoms with E-state index < -0.39 is 6.10 Å². The number of ketones is 1. The molecular weight excluding hydrogens is 376 g/mol. The topological polar surface area (TPSA) is 55.8 Å². The molecule has 30 heavy (non-hydrogen) atoms. The highest BCUT2D eigenvalue weighted by atomic mass is 16.5. The Morgan fingerprint density at radius 1 is 0.833 bits per heavy atom. The maximum atomic E-state index is 12.2. The molecule has 0 amide bonds. The molecule has 1 unspecified atom stereocenters. The van der Waals surface area contributed by atoms with Crippen molar-refractivity contribution in [2.75, 3.05) is 14.2 Å². The van der Waals surface area contributed by atoms with Crippen molar-refractivity contribution in [2.45, 2.75) is 70.3 Å². The van der Waals surface area contributed by atoms with Crippen LogP contribution >= 0.6 is 0 Å². The second-order valence-corrected chi connectivity index (χ2v) is 7.88. The van der Waals surface area contributed by atoms with Gasteiger partial charge in [-0.25, -0.2) is 0 Å². The number of aliphatic hydroxyl groups is 1. The molecule has 0 aromatic heterocycles. The smallest absolute Gasteiger partial charge is 0.160 e. The molecule has 0 bridgehead atoms. The Bertz CT molecular complexity index is 742. The van der Waals surface area contributed by atoms with Crippen LogP contribution in [-0.2, 0) is 17.6 Å². The maximum Gasteiger partial charge on any atom is 0.160 e. The second kappa shape index (κ2) is 13.8. The van der Waals surface area contributed by atoms with Crippen LogP contribution in [0.25, 0.3) is 0 Å². The third-order valence-corrected chi connectivity index (χ3v) is 5.45. The predicted molar refractivity (Wildman–Crippen MR) is 121 cm³/mol. The summed E-state index contributed by atoms with van der Waals surface area (Å²) in [5.41, 5.74) is 2.44. The molecule has 1 N–H and O–H groups in total. The van der Waals surface area contributed by atoms with E-state index in [1.807, 2.05) is 18.2 Å². The quantitative estimate of drug-likeness (QED) is 0.390. The number of Topliss-reactive ketones (excluding diaryl/α,β-unsaturated/α-hetero) is 1. The average molecular weight is 413 g/mol. The molecule has 0 aliphatic rings. The Labute approximate surface area is 181 Å². The van der Waals surface area contributed by atoms with Crippen molar-refractivity contribution < 1.29 is 19.4 Å². The van der Waals surface area contributed by atoms with Gasteiger partial charge in [-0.2, -0.15) is 0 Å². The lowest BCUT2D eigenvalue weighted by atomic mass is 10.00. The zero-order valence-electron chi connectivity index (χ0n) is 18.4. The summed E-state index contributed by atoms with van der Waals surface area (Å²) in [5, 5.41) is 10.2. The highest BCUT2D eigenvalue weighted by molar-refractivity contribution is 5.79. The van der Waals surface area contributed by atoms with E-state index in [2.05, 4.69) is 30.3 Å². The summed E-state index contributed by atoms with van der Waals surface area (Å²) in [4.78, 5) is 12.2. The van der Waals surface area contributed by atoms with Gasteiger partial charge in [0.15, 0.2) is 11.5 Å². The molecule has 0 fully saturated rings. The monoisotopic (exact) mass is 412 g/mol. The summed E-state index contributed by atoms with van der Waals surface area (Å²) >= 11 is 0. The SMILES string of the molecule is COc1ccc(CCC(=O)CC(O)CCCCCCCc2ccccc2)cc1OC. The van der Waals surface area contributed by atoms with Crippen LogP contribution in [0.1, 0.15) is 62.5 Å². The number of unbranched alkanes of at least 4 members (excludes halogenated alkanes) is 4. The Kier molecular flexibility index (Phi) is 11.0. The van der Waals surface area contributed by atoms with E-state index in [0.29, 0.717) is 30.8 Å². The molecule has 1 atom stereocenters. The molecule has 2 aromatic rings. The van der Waals surface area contributed by atoms with Gasteiger partial charge < -0.3 is 14.6 Å². The summed E-state index contributed by atoms with van der Waals surface area (Å²) in [6, 6.07) is 16.3. The van der Waals surface area contributed by atoms with E-state index in [4.69, 9.17) is 9.47 Å². The van der Waals surface area contributed by atoms with Crippen LogP contribution in [0.3, 0.4) is 0 Å². The fourth-order valence-corrected chi connectivity index (χ4v) is 3.67. The molecule has 4 heteroatoms. The number of rotatable bonds is 15. The molecular formula is C26H36O4. The Morgan fingerprint density at radius 3 is 2.27 bits per heavy atom. The highest BCUT2D eigenvalue weighted by Gasteiger charge is 2.12. The molecule has 2 aromatic carbocycles. The van der Waals surface area contributed by atoms with Crippen LogP contribution in [-0.4, -0.2) is 31.2 Å². The molecule has 0 aliphatic carbocycles. The number of hydrogen-bond acceptors (Lipinski definition) is 4. The summed E-state index contributed by atoms with van der Waals surface area (Å²) in [6.07, 6.45) is 8.37. The minimum Gasteiger partial charge on any atom is -0.493 e. The van der Waals surface area contributed by atoms with Gasteiger partial charge in [0.05, 0.1) is 20.3 Å². The number of aryl methyl sites for hydroxylation is 2. The van der Waals surface area contributed by atoms with Gasteiger partial charge in [-0.05, 0) is 48.9 Å². The molecule has 0 saturated heterocycles. The number of methoxy groups -OCH3 is 2. The molecule has 0 radical (unpaired) electrons. The van der Waals surface area contributed by atoms with Crippen LogP contribution in [0.5, 0.6) is 11.5 Å². The first kappa shape index (κ1) is 23.9. The second-order valence-electron chi connectivity index (χ2n) is 7.88. The number of ether oxygens (including phenoxy) is 2. The van der Waals surface area contributed by atoms with E-state index in [0.717, 1.165) is 24.8 Å². The van der Waals surface area contributed by atoms with Gasteiger partial charge in [0.1, 0.15) is 5.78 Å². The van der Waals surface area contributed by atoms with Crippen molar-refractivity contribution >= 4 is 5.78 Å². The Hall–Kier alpha value is -2.33. The molecule has 0 aliphatic heterocycles. The fraction of sp³-hybridized carbons (Fsp3) is 0.500. The molecule has 2 rings (SSSR count). The van der Waals surface area contributed by atoms with Crippen molar-refractivity contribution in [1.29, 1.82) is 0 Å². The van der Waals surface area contributed by atoms with Crippen molar-refractivity contribution in [3.63, 3.8) is 0 Å². The van der Waals surface area contributed by atoms with Gasteiger partial charge >= 0.3 is 0 Å². The zero-order chi connectivity index (χ0) is 21.6. The summed E-state index contributed by atoms with van der Waals surface area (Å²) in [7, 11) is 3.21. The largest absolute Gasteiger partial charge is 0.493 e. The maximum absolute atomic E-state index is 12.2. The minimum absolute atomic E-state index is 0.111. The summed E-state index contributed by atoms with van der Waals surface area (Å²) in [5.74, 6) is 1.47. The van der Waals surface area contributed by atoms with Gasteiger partial charge in [-0.15, -0.1) is 0 Å². The van der Waals surface area contributed by atoms with Gasteiger partial charge in [-0.3, -0.25) is 4.79 Å². The number of aliphatic hydroxyl groups excluding tert-OH is 1. The third kappa shape index (κ3) is 9.00. The van der Waals surface area contributed by atoms with Crippen LogP contribution in [0.2, 0.25) is 0 Å². The first-order chi connectivity index (χ1) is 14.6. The van der Waals surface area contributed by atoms with Crippen molar-refractivity contribution in [1.82, 2.24) is 0 Å². The first-order valence-electron chi connectivity index (χ1n) is 11.1. The lowest BCUT2D eigenvalue weighted by Crippen LogP contribution is -2.14. The van der Waals surface area contributed by atoms with Crippen molar-refractivity contribution in [3.05, 3.63) is 59.7 Å². The Morgan fingerprint density at radius 2 is 1.53 bits per heavy atom. The van der Waals surface area contributed by atoms with Crippen LogP contribution < -0.4 is 9.47 Å². The van der Waals surface area contributed by atoms with E-state index in [9.17, 15) is 9.90 Å². The van der Waals surface area contributed by atoms with Crippen LogP contribution in [0, 0.1) is 0 Å². The lowest BCUT2D eigenvalue weighted by molar-refractivity contribution is -0.121. The van der Waals surface area contributed by atoms with Crippen LogP contribution in [0.4, 0.5) is 0 Å². The number of carbonyl (C=O) groups is 1. The van der Waals surface area contributed by atoms with Crippen molar-refractivity contribution in [2.24, 2.45) is 0 Å². The third-order valence-electron chi connectivity index (χ3n) is 5.45. The molecule has 0 saturated carbocycles. The van der Waals surface area contributed by atoms with Crippen LogP contribution in [0.15, 0.2) is 48.5 Å². The van der Waals surface area contributed by atoms with Crippen molar-refractivity contribution in [3.8, 4) is 11.5 Å². The van der Waals surface area contributed by atoms with Gasteiger partial charge in [0.2, 0.25) is 0 Å². The van der Waals surface area contributed by atoms with E-state index >= 15 is 0 Å².